The second-order valence-corrected chi connectivity index (χ2v) is 5.00. The number of rotatable bonds is 7. The summed E-state index contributed by atoms with van der Waals surface area (Å²) < 4.78 is 0. The largest absolute Gasteiger partial charge is 0.481 e. The monoisotopic (exact) mass is 292 g/mol. The molecular weight excluding hydrogens is 276 g/mol. The Labute approximate surface area is 121 Å². The van der Waals surface area contributed by atoms with Crippen molar-refractivity contribution in [1.82, 2.24) is 4.98 Å². The van der Waals surface area contributed by atoms with E-state index in [1.54, 1.807) is 0 Å². The number of aliphatic carboxylic acids is 1. The van der Waals surface area contributed by atoms with Gasteiger partial charge in [0.2, 0.25) is 0 Å². The molecule has 8 nitrogen and oxygen atoms in total. The van der Waals surface area contributed by atoms with Gasteiger partial charge in [-0.25, -0.2) is 4.98 Å². The Kier molecular flexibility index (Phi) is 5.60. The first-order valence-electron chi connectivity index (χ1n) is 6.36. The van der Waals surface area contributed by atoms with E-state index in [-0.39, 0.29) is 29.5 Å². The number of carboxylic acid groups (broad SMARTS) is 1. The smallest absolute Gasteiger partial charge is 0.308 e. The third kappa shape index (κ3) is 4.72. The van der Waals surface area contributed by atoms with Crippen molar-refractivity contribution in [3.05, 3.63) is 27.9 Å². The minimum absolute atomic E-state index is 0.0119. The molecule has 112 valence electrons. The molecule has 0 aliphatic carbocycles. The van der Waals surface area contributed by atoms with Gasteiger partial charge in [-0.05, 0) is 12.3 Å². The number of nitrogens with zero attached hydrogens (tertiary/aromatic N) is 3. The van der Waals surface area contributed by atoms with Crippen LogP contribution in [0.5, 0.6) is 0 Å². The van der Waals surface area contributed by atoms with Gasteiger partial charge in [-0.3, -0.25) is 14.9 Å². The summed E-state index contributed by atoms with van der Waals surface area (Å²) in [6, 6.07) is 2.91. The molecule has 1 rings (SSSR count). The summed E-state index contributed by atoms with van der Waals surface area (Å²) in [6.07, 6.45) is 1.51. The van der Waals surface area contributed by atoms with E-state index in [0.29, 0.717) is 6.42 Å². The first-order valence-corrected chi connectivity index (χ1v) is 6.36. The Morgan fingerprint density at radius 2 is 2.29 bits per heavy atom. The third-order valence-corrected chi connectivity index (χ3v) is 2.83. The second kappa shape index (κ2) is 7.19. The predicted octanol–water partition coefficient (Wildman–Crippen LogP) is 2.02. The summed E-state index contributed by atoms with van der Waals surface area (Å²) in [5, 5.41) is 31.5. The van der Waals surface area contributed by atoms with Crippen molar-refractivity contribution in [2.24, 2.45) is 11.8 Å². The number of hydrogen-bond donors (Lipinski definition) is 2. The molecule has 1 aromatic rings. The lowest BCUT2D eigenvalue weighted by Gasteiger charge is -2.16. The van der Waals surface area contributed by atoms with Crippen molar-refractivity contribution in [2.75, 3.05) is 11.9 Å². The lowest BCUT2D eigenvalue weighted by atomic mass is 9.97. The van der Waals surface area contributed by atoms with E-state index in [1.165, 1.54) is 0 Å². The molecular formula is C13H16N4O4. The fraction of sp³-hybridized carbons (Fsp3) is 0.462. The first-order chi connectivity index (χ1) is 9.85. The van der Waals surface area contributed by atoms with Crippen LogP contribution in [0.2, 0.25) is 0 Å². The fourth-order valence-corrected chi connectivity index (χ4v) is 1.84. The van der Waals surface area contributed by atoms with Crippen LogP contribution in [-0.2, 0) is 4.79 Å². The summed E-state index contributed by atoms with van der Waals surface area (Å²) in [5.74, 6) is -1.18. The number of nitriles is 1. The van der Waals surface area contributed by atoms with Gasteiger partial charge < -0.3 is 10.4 Å². The number of carboxylic acids is 1. The normalized spacial score (nSPS) is 11.7. The van der Waals surface area contributed by atoms with Crippen molar-refractivity contribution in [1.29, 1.82) is 5.26 Å². The molecule has 0 saturated heterocycles. The Morgan fingerprint density at radius 3 is 2.76 bits per heavy atom. The van der Waals surface area contributed by atoms with Crippen LogP contribution in [0.1, 0.15) is 25.8 Å². The molecule has 0 bridgehead atoms. The number of pyridine rings is 1. The molecule has 0 fully saturated rings. The Hall–Kier alpha value is -2.69. The summed E-state index contributed by atoms with van der Waals surface area (Å²) in [5.41, 5.74) is -0.271. The predicted molar refractivity (Wildman–Crippen MR) is 74.7 cm³/mol. The van der Waals surface area contributed by atoms with Gasteiger partial charge in [-0.15, -0.1) is 0 Å². The molecule has 0 saturated carbocycles. The first kappa shape index (κ1) is 16.4. The van der Waals surface area contributed by atoms with Gasteiger partial charge in [0.15, 0.2) is 0 Å². The molecule has 21 heavy (non-hydrogen) atoms. The van der Waals surface area contributed by atoms with Crippen LogP contribution in [0, 0.1) is 33.3 Å². The number of aromatic nitrogens is 1. The minimum Gasteiger partial charge on any atom is -0.481 e. The lowest BCUT2D eigenvalue weighted by Crippen LogP contribution is -2.25. The topological polar surface area (TPSA) is 129 Å². The van der Waals surface area contributed by atoms with E-state index in [2.05, 4.69) is 10.3 Å². The van der Waals surface area contributed by atoms with Crippen LogP contribution in [0.4, 0.5) is 11.5 Å². The minimum atomic E-state index is -0.934. The average Bonchev–Trinajstić information content (AvgIpc) is 2.42. The quantitative estimate of drug-likeness (QED) is 0.580. The van der Waals surface area contributed by atoms with E-state index in [1.807, 2.05) is 19.9 Å². The van der Waals surface area contributed by atoms with E-state index >= 15 is 0 Å². The van der Waals surface area contributed by atoms with E-state index in [0.717, 1.165) is 12.3 Å². The molecule has 8 heteroatoms. The van der Waals surface area contributed by atoms with Crippen LogP contribution in [0.25, 0.3) is 0 Å². The SMILES string of the molecule is CC(C)CC(CNc1ncc([N+](=O)[O-])cc1C#N)C(=O)O. The van der Waals surface area contributed by atoms with Gasteiger partial charge in [0.1, 0.15) is 23.6 Å². The highest BCUT2D eigenvalue weighted by Gasteiger charge is 2.20. The number of nitro groups is 1. The van der Waals surface area contributed by atoms with Crippen LogP contribution < -0.4 is 5.32 Å². The van der Waals surface area contributed by atoms with Gasteiger partial charge in [0, 0.05) is 12.6 Å². The molecule has 0 aliphatic heterocycles. The fourth-order valence-electron chi connectivity index (χ4n) is 1.84. The molecule has 0 aliphatic rings. The molecule has 0 amide bonds. The van der Waals surface area contributed by atoms with Crippen molar-refractivity contribution in [3.8, 4) is 6.07 Å². The maximum Gasteiger partial charge on any atom is 0.308 e. The average molecular weight is 292 g/mol. The number of carbonyl (C=O) groups is 1. The zero-order chi connectivity index (χ0) is 16.0. The van der Waals surface area contributed by atoms with Crippen molar-refractivity contribution >= 4 is 17.5 Å². The zero-order valence-electron chi connectivity index (χ0n) is 11.7. The van der Waals surface area contributed by atoms with Crippen LogP contribution >= 0.6 is 0 Å². The highest BCUT2D eigenvalue weighted by atomic mass is 16.6. The summed E-state index contributed by atoms with van der Waals surface area (Å²) in [6.45, 7) is 3.94. The van der Waals surface area contributed by atoms with E-state index in [4.69, 9.17) is 10.4 Å². The molecule has 2 N–H and O–H groups in total. The van der Waals surface area contributed by atoms with E-state index in [9.17, 15) is 14.9 Å². The number of hydrogen-bond acceptors (Lipinski definition) is 6. The highest BCUT2D eigenvalue weighted by molar-refractivity contribution is 5.71. The third-order valence-electron chi connectivity index (χ3n) is 2.83. The molecule has 1 aromatic heterocycles. The summed E-state index contributed by atoms with van der Waals surface area (Å²) >= 11 is 0. The molecule has 1 heterocycles. The second-order valence-electron chi connectivity index (χ2n) is 5.00. The maximum atomic E-state index is 11.1. The lowest BCUT2D eigenvalue weighted by molar-refractivity contribution is -0.385. The Bertz CT molecular complexity index is 580. The summed E-state index contributed by atoms with van der Waals surface area (Å²) in [4.78, 5) is 24.9. The maximum absolute atomic E-state index is 11.1. The van der Waals surface area contributed by atoms with Gasteiger partial charge in [0.25, 0.3) is 5.69 Å². The van der Waals surface area contributed by atoms with Crippen LogP contribution in [-0.4, -0.2) is 27.5 Å². The molecule has 0 radical (unpaired) electrons. The molecule has 1 atom stereocenters. The summed E-state index contributed by atoms with van der Waals surface area (Å²) in [7, 11) is 0. The highest BCUT2D eigenvalue weighted by Crippen LogP contribution is 2.19. The van der Waals surface area contributed by atoms with Crippen LogP contribution in [0.3, 0.4) is 0 Å². The number of anilines is 1. The molecule has 0 spiro atoms. The van der Waals surface area contributed by atoms with Gasteiger partial charge in [-0.2, -0.15) is 5.26 Å². The standard InChI is InChI=1S/C13H16N4O4/c1-8(2)3-10(13(18)19)6-15-12-9(5-14)4-11(7-16-12)17(20)21/h4,7-8,10H,3,6H2,1-2H3,(H,15,16)(H,18,19). The van der Waals surface area contributed by atoms with Crippen LogP contribution in [0.15, 0.2) is 12.3 Å². The molecule has 1 unspecified atom stereocenters. The molecule has 0 aromatic carbocycles. The van der Waals surface area contributed by atoms with Gasteiger partial charge >= 0.3 is 5.97 Å². The Morgan fingerprint density at radius 1 is 1.62 bits per heavy atom. The van der Waals surface area contributed by atoms with Gasteiger partial charge in [0.05, 0.1) is 10.8 Å². The van der Waals surface area contributed by atoms with Gasteiger partial charge in [-0.1, -0.05) is 13.8 Å². The number of nitrogens with one attached hydrogen (secondary N) is 1. The Balaban J connectivity index is 2.85. The van der Waals surface area contributed by atoms with Crippen molar-refractivity contribution in [3.63, 3.8) is 0 Å². The van der Waals surface area contributed by atoms with E-state index < -0.39 is 16.8 Å². The van der Waals surface area contributed by atoms with Crippen molar-refractivity contribution in [2.45, 2.75) is 20.3 Å². The zero-order valence-corrected chi connectivity index (χ0v) is 11.7. The van der Waals surface area contributed by atoms with Crippen molar-refractivity contribution < 1.29 is 14.8 Å².